The summed E-state index contributed by atoms with van der Waals surface area (Å²) in [5.74, 6) is 0.999. The Morgan fingerprint density at radius 3 is 2.93 bits per heavy atom. The highest BCUT2D eigenvalue weighted by atomic mass is 16.5. The molecule has 1 atom stereocenters. The zero-order valence-electron chi connectivity index (χ0n) is 8.32. The minimum absolute atomic E-state index is 0.121. The summed E-state index contributed by atoms with van der Waals surface area (Å²) >= 11 is 0. The summed E-state index contributed by atoms with van der Waals surface area (Å²) < 4.78 is 8.01. The first kappa shape index (κ1) is 7.80. The highest BCUT2D eigenvalue weighted by Crippen LogP contribution is 2.30. The molecule has 0 bridgehead atoms. The van der Waals surface area contributed by atoms with Crippen LogP contribution in [0.1, 0.15) is 18.8 Å². The molecule has 0 N–H and O–H groups in total. The molecule has 0 saturated heterocycles. The number of para-hydroxylation sites is 1. The third-order valence-electron chi connectivity index (χ3n) is 2.82. The molecular weight excluding hydrogens is 174 g/mol. The monoisotopic (exact) mass is 186 g/mol. The largest absolute Gasteiger partial charge is 0.427 e. The molecule has 0 spiro atoms. The average Bonchev–Trinajstić information content (AvgIpc) is 2.51. The van der Waals surface area contributed by atoms with Gasteiger partial charge >= 0.3 is 0 Å². The fourth-order valence-corrected chi connectivity index (χ4v) is 2.20. The zero-order valence-corrected chi connectivity index (χ0v) is 8.32. The average molecular weight is 186 g/mol. The number of nitrogens with zero attached hydrogens (tertiary/aromatic N) is 1. The lowest BCUT2D eigenvalue weighted by molar-refractivity contribution is -0.720. The van der Waals surface area contributed by atoms with E-state index in [-0.39, 0.29) is 6.23 Å². The SMILES string of the molecule is Cc1ccc2cccc3c2[n+]1C(C)O3. The maximum absolute atomic E-state index is 5.77. The number of ether oxygens (including phenoxy) is 1. The van der Waals surface area contributed by atoms with Gasteiger partial charge in [0.15, 0.2) is 11.4 Å². The highest BCUT2D eigenvalue weighted by molar-refractivity contribution is 5.82. The fourth-order valence-electron chi connectivity index (χ4n) is 2.20. The lowest BCUT2D eigenvalue weighted by Gasteiger charge is -2.00. The standard InChI is InChI=1S/C12H12NO/c1-8-6-7-10-4-3-5-11-12(10)13(8)9(2)14-11/h3-7,9H,1-2H3/q+1. The van der Waals surface area contributed by atoms with Crippen LogP contribution < -0.4 is 9.30 Å². The molecule has 14 heavy (non-hydrogen) atoms. The molecule has 2 aromatic rings. The predicted octanol–water partition coefficient (Wildman–Crippen LogP) is 2.35. The van der Waals surface area contributed by atoms with Crippen LogP contribution in [0.2, 0.25) is 0 Å². The van der Waals surface area contributed by atoms with E-state index >= 15 is 0 Å². The van der Waals surface area contributed by atoms with Gasteiger partial charge in [-0.05, 0) is 18.2 Å². The third kappa shape index (κ3) is 0.830. The Labute approximate surface area is 82.7 Å². The third-order valence-corrected chi connectivity index (χ3v) is 2.82. The molecular formula is C12H12NO+. The van der Waals surface area contributed by atoms with Crippen molar-refractivity contribution in [2.24, 2.45) is 0 Å². The minimum atomic E-state index is 0.121. The smallest absolute Gasteiger partial charge is 0.299 e. The number of aromatic nitrogens is 1. The summed E-state index contributed by atoms with van der Waals surface area (Å²) in [5.41, 5.74) is 2.47. The molecule has 1 aromatic heterocycles. The van der Waals surface area contributed by atoms with Gasteiger partial charge in [-0.25, -0.2) is 0 Å². The molecule has 0 aliphatic carbocycles. The first-order valence-corrected chi connectivity index (χ1v) is 4.88. The lowest BCUT2D eigenvalue weighted by Crippen LogP contribution is -2.39. The van der Waals surface area contributed by atoms with Gasteiger partial charge in [0.05, 0.1) is 5.39 Å². The molecule has 3 rings (SSSR count). The summed E-state index contributed by atoms with van der Waals surface area (Å²) in [6, 6.07) is 10.5. The number of benzene rings is 1. The van der Waals surface area contributed by atoms with E-state index in [1.54, 1.807) is 0 Å². The second-order valence-electron chi connectivity index (χ2n) is 3.76. The van der Waals surface area contributed by atoms with Crippen molar-refractivity contribution in [2.75, 3.05) is 0 Å². The van der Waals surface area contributed by atoms with E-state index in [1.165, 1.54) is 16.6 Å². The van der Waals surface area contributed by atoms with Crippen LogP contribution in [-0.4, -0.2) is 0 Å². The lowest BCUT2D eigenvalue weighted by atomic mass is 10.2. The van der Waals surface area contributed by atoms with E-state index in [0.717, 1.165) is 5.75 Å². The minimum Gasteiger partial charge on any atom is -0.427 e. The highest BCUT2D eigenvalue weighted by Gasteiger charge is 2.31. The van der Waals surface area contributed by atoms with Crippen molar-refractivity contribution in [3.8, 4) is 5.75 Å². The Hall–Kier alpha value is -1.57. The Kier molecular flexibility index (Phi) is 1.38. The second-order valence-corrected chi connectivity index (χ2v) is 3.76. The maximum atomic E-state index is 5.77. The molecule has 0 fully saturated rings. The van der Waals surface area contributed by atoms with Crippen molar-refractivity contribution in [1.82, 2.24) is 0 Å². The summed E-state index contributed by atoms with van der Waals surface area (Å²) in [7, 11) is 0. The van der Waals surface area contributed by atoms with E-state index < -0.39 is 0 Å². The van der Waals surface area contributed by atoms with E-state index in [9.17, 15) is 0 Å². The molecule has 1 unspecified atom stereocenters. The van der Waals surface area contributed by atoms with Crippen LogP contribution in [0.3, 0.4) is 0 Å². The molecule has 0 amide bonds. The molecule has 1 aliphatic rings. The second kappa shape index (κ2) is 2.47. The van der Waals surface area contributed by atoms with Gasteiger partial charge < -0.3 is 4.74 Å². The number of hydrogen-bond acceptors (Lipinski definition) is 1. The van der Waals surface area contributed by atoms with Crippen molar-refractivity contribution in [3.05, 3.63) is 36.0 Å². The molecule has 1 aliphatic heterocycles. The summed E-state index contributed by atoms with van der Waals surface area (Å²) in [6.45, 7) is 4.19. The molecule has 70 valence electrons. The molecule has 0 saturated carbocycles. The van der Waals surface area contributed by atoms with Gasteiger partial charge in [0, 0.05) is 19.9 Å². The van der Waals surface area contributed by atoms with Gasteiger partial charge in [0.1, 0.15) is 0 Å². The van der Waals surface area contributed by atoms with Crippen LogP contribution in [0.25, 0.3) is 10.9 Å². The quantitative estimate of drug-likeness (QED) is 0.575. The Morgan fingerprint density at radius 1 is 1.21 bits per heavy atom. The first-order chi connectivity index (χ1) is 6.77. The number of aryl methyl sites for hydroxylation is 1. The molecule has 2 nitrogen and oxygen atoms in total. The normalized spacial score (nSPS) is 18.6. The van der Waals surface area contributed by atoms with Crippen LogP contribution in [0.4, 0.5) is 0 Å². The van der Waals surface area contributed by atoms with Gasteiger partial charge in [0.25, 0.3) is 11.7 Å². The topological polar surface area (TPSA) is 13.1 Å². The molecule has 2 heterocycles. The van der Waals surface area contributed by atoms with Crippen molar-refractivity contribution in [2.45, 2.75) is 20.1 Å². The maximum Gasteiger partial charge on any atom is 0.299 e. The summed E-state index contributed by atoms with van der Waals surface area (Å²) in [4.78, 5) is 0. The molecule has 2 heteroatoms. The van der Waals surface area contributed by atoms with E-state index in [0.29, 0.717) is 0 Å². The number of hydrogen-bond donors (Lipinski definition) is 0. The summed E-state index contributed by atoms with van der Waals surface area (Å²) in [6.07, 6.45) is 0.121. The molecule has 0 radical (unpaired) electrons. The van der Waals surface area contributed by atoms with Crippen molar-refractivity contribution in [3.63, 3.8) is 0 Å². The Morgan fingerprint density at radius 2 is 2.07 bits per heavy atom. The zero-order chi connectivity index (χ0) is 9.71. The van der Waals surface area contributed by atoms with E-state index in [1.807, 2.05) is 12.1 Å². The molecule has 1 aromatic carbocycles. The van der Waals surface area contributed by atoms with Crippen LogP contribution in [0.5, 0.6) is 5.75 Å². The van der Waals surface area contributed by atoms with E-state index in [2.05, 4.69) is 36.6 Å². The van der Waals surface area contributed by atoms with Gasteiger partial charge in [-0.1, -0.05) is 6.07 Å². The fraction of sp³-hybridized carbons (Fsp3) is 0.250. The van der Waals surface area contributed by atoms with Crippen LogP contribution in [0, 0.1) is 6.92 Å². The number of rotatable bonds is 0. The van der Waals surface area contributed by atoms with E-state index in [4.69, 9.17) is 4.74 Å². The van der Waals surface area contributed by atoms with Gasteiger partial charge in [-0.2, -0.15) is 4.57 Å². The van der Waals surface area contributed by atoms with Crippen molar-refractivity contribution in [1.29, 1.82) is 0 Å². The van der Waals surface area contributed by atoms with Crippen molar-refractivity contribution >= 4 is 10.9 Å². The van der Waals surface area contributed by atoms with Crippen molar-refractivity contribution < 1.29 is 9.30 Å². The Balaban J connectivity index is 2.53. The van der Waals surface area contributed by atoms with Gasteiger partial charge in [-0.3, -0.25) is 0 Å². The van der Waals surface area contributed by atoms with Gasteiger partial charge in [0.2, 0.25) is 0 Å². The summed E-state index contributed by atoms with van der Waals surface area (Å²) in [5, 5.41) is 1.25. The van der Waals surface area contributed by atoms with Gasteiger partial charge in [-0.15, -0.1) is 0 Å². The van der Waals surface area contributed by atoms with Crippen LogP contribution in [-0.2, 0) is 0 Å². The van der Waals surface area contributed by atoms with Crippen LogP contribution >= 0.6 is 0 Å². The first-order valence-electron chi connectivity index (χ1n) is 4.88. The number of pyridine rings is 1. The predicted molar refractivity (Wildman–Crippen MR) is 54.2 cm³/mol. The Bertz CT molecular complexity index is 519. The van der Waals surface area contributed by atoms with Crippen LogP contribution in [0.15, 0.2) is 30.3 Å².